The van der Waals surface area contributed by atoms with Gasteiger partial charge in [0.05, 0.1) is 4.90 Å². The van der Waals surface area contributed by atoms with Gasteiger partial charge in [0.25, 0.3) is 0 Å². The van der Waals surface area contributed by atoms with Crippen LogP contribution in [0.3, 0.4) is 0 Å². The maximum atomic E-state index is 12.7. The Bertz CT molecular complexity index is 992. The minimum absolute atomic E-state index is 0.0816. The summed E-state index contributed by atoms with van der Waals surface area (Å²) < 4.78 is 33.2. The molecule has 1 aromatic heterocycles. The van der Waals surface area contributed by atoms with Gasteiger partial charge in [-0.05, 0) is 74.9 Å². The van der Waals surface area contributed by atoms with E-state index in [0.717, 1.165) is 0 Å². The van der Waals surface area contributed by atoms with Crippen molar-refractivity contribution in [2.45, 2.75) is 75.8 Å². The van der Waals surface area contributed by atoms with Crippen LogP contribution >= 0.6 is 0 Å². The number of pyridine rings is 1. The van der Waals surface area contributed by atoms with Gasteiger partial charge in [0.2, 0.25) is 10.0 Å². The molecule has 1 aromatic carbocycles. The number of nitrogens with one attached hydrogen (secondary N) is 2. The summed E-state index contributed by atoms with van der Waals surface area (Å²) in [7, 11) is -3.65. The van der Waals surface area contributed by atoms with E-state index >= 15 is 0 Å². The van der Waals surface area contributed by atoms with Crippen molar-refractivity contribution >= 4 is 21.9 Å². The van der Waals surface area contributed by atoms with E-state index in [1.165, 1.54) is 43.9 Å². The van der Waals surface area contributed by atoms with Crippen LogP contribution in [-0.2, 0) is 21.3 Å². The monoisotopic (exact) mass is 445 g/mol. The lowest BCUT2D eigenvalue weighted by Gasteiger charge is -2.22. The molecule has 0 radical (unpaired) electrons. The van der Waals surface area contributed by atoms with Crippen molar-refractivity contribution in [1.82, 2.24) is 9.71 Å². The van der Waals surface area contributed by atoms with Crippen LogP contribution in [0.5, 0.6) is 0 Å². The summed E-state index contributed by atoms with van der Waals surface area (Å²) in [5.41, 5.74) is 1.26. The highest BCUT2D eigenvalue weighted by molar-refractivity contribution is 7.89. The van der Waals surface area contributed by atoms with E-state index < -0.39 is 21.7 Å². The quantitative estimate of drug-likeness (QED) is 0.655. The Morgan fingerprint density at radius 1 is 1.10 bits per heavy atom. The van der Waals surface area contributed by atoms with Crippen LogP contribution in [0.25, 0.3) is 0 Å². The Kier molecular flexibility index (Phi) is 7.33. The van der Waals surface area contributed by atoms with Crippen molar-refractivity contribution in [1.29, 1.82) is 0 Å². The highest BCUT2D eigenvalue weighted by Gasteiger charge is 2.19. The second-order valence-corrected chi connectivity index (χ2v) is 10.7. The number of rotatable bonds is 6. The third-order valence-corrected chi connectivity index (χ3v) is 6.60. The number of carbonyl (C=O) groups excluding carboxylic acids is 1. The van der Waals surface area contributed by atoms with E-state index in [0.29, 0.717) is 17.3 Å². The molecule has 0 aliphatic heterocycles. The van der Waals surface area contributed by atoms with Gasteiger partial charge >= 0.3 is 6.09 Å². The van der Waals surface area contributed by atoms with Gasteiger partial charge < -0.3 is 4.74 Å². The molecule has 1 saturated carbocycles. The summed E-state index contributed by atoms with van der Waals surface area (Å²) in [6.07, 6.45) is 7.01. The number of aromatic nitrogens is 1. The third kappa shape index (κ3) is 7.04. The smallest absolute Gasteiger partial charge is 0.413 e. The van der Waals surface area contributed by atoms with Crippen LogP contribution < -0.4 is 10.0 Å². The molecule has 1 aliphatic carbocycles. The molecule has 0 saturated heterocycles. The SMILES string of the molecule is CC(C)(C)OC(=O)Nc1cc(CNS(=O)(=O)c2ccc(C3CCCCC3)cc2)ccn1. The van der Waals surface area contributed by atoms with Gasteiger partial charge in [-0.1, -0.05) is 31.4 Å². The Balaban J connectivity index is 1.60. The van der Waals surface area contributed by atoms with Gasteiger partial charge in [0, 0.05) is 12.7 Å². The normalized spacial score (nSPS) is 15.5. The first-order valence-electron chi connectivity index (χ1n) is 10.7. The lowest BCUT2D eigenvalue weighted by Crippen LogP contribution is -2.27. The molecule has 0 unspecified atom stereocenters. The maximum absolute atomic E-state index is 12.7. The van der Waals surface area contributed by atoms with Gasteiger partial charge in [0.1, 0.15) is 11.4 Å². The molecule has 7 nitrogen and oxygen atoms in total. The summed E-state index contributed by atoms with van der Waals surface area (Å²) in [5, 5.41) is 2.56. The third-order valence-electron chi connectivity index (χ3n) is 5.19. The Hall–Kier alpha value is -2.45. The molecule has 0 spiro atoms. The summed E-state index contributed by atoms with van der Waals surface area (Å²) in [6.45, 7) is 5.39. The second kappa shape index (κ2) is 9.78. The average Bonchev–Trinajstić information content (AvgIpc) is 2.72. The first kappa shape index (κ1) is 23.2. The minimum Gasteiger partial charge on any atom is -0.444 e. The van der Waals surface area contributed by atoms with Gasteiger partial charge in [0.15, 0.2) is 0 Å². The zero-order chi connectivity index (χ0) is 22.5. The van der Waals surface area contributed by atoms with Crippen LogP contribution in [-0.4, -0.2) is 25.1 Å². The van der Waals surface area contributed by atoms with Crippen molar-refractivity contribution in [2.75, 3.05) is 5.32 Å². The minimum atomic E-state index is -3.65. The van der Waals surface area contributed by atoms with Crippen LogP contribution in [0, 0.1) is 0 Å². The predicted octanol–water partition coefficient (Wildman–Crippen LogP) is 4.95. The van der Waals surface area contributed by atoms with E-state index in [4.69, 9.17) is 4.74 Å². The number of ether oxygens (including phenoxy) is 1. The molecule has 2 N–H and O–H groups in total. The van der Waals surface area contributed by atoms with Crippen LogP contribution in [0.2, 0.25) is 0 Å². The molecular formula is C23H31N3O4S. The molecule has 3 rings (SSSR count). The molecule has 0 atom stereocenters. The highest BCUT2D eigenvalue weighted by Crippen LogP contribution is 2.32. The highest BCUT2D eigenvalue weighted by atomic mass is 32.2. The zero-order valence-electron chi connectivity index (χ0n) is 18.3. The number of carbonyl (C=O) groups is 1. The fraction of sp³-hybridized carbons (Fsp3) is 0.478. The standard InChI is InChI=1S/C23H31N3O4S/c1-23(2,3)30-22(27)26-21-15-17(13-14-24-21)16-25-31(28,29)20-11-9-19(10-12-20)18-7-5-4-6-8-18/h9-15,18,25H,4-8,16H2,1-3H3,(H,24,26,27). The van der Waals surface area contributed by atoms with Crippen molar-refractivity contribution in [3.63, 3.8) is 0 Å². The van der Waals surface area contributed by atoms with E-state index in [9.17, 15) is 13.2 Å². The van der Waals surface area contributed by atoms with E-state index in [2.05, 4.69) is 15.0 Å². The fourth-order valence-corrected chi connectivity index (χ4v) is 4.70. The largest absolute Gasteiger partial charge is 0.444 e. The molecule has 1 amide bonds. The predicted molar refractivity (Wildman–Crippen MR) is 120 cm³/mol. The number of amides is 1. The summed E-state index contributed by atoms with van der Waals surface area (Å²) >= 11 is 0. The zero-order valence-corrected chi connectivity index (χ0v) is 19.2. The number of benzene rings is 1. The van der Waals surface area contributed by atoms with E-state index in [1.807, 2.05) is 12.1 Å². The molecule has 1 aliphatic rings. The van der Waals surface area contributed by atoms with Crippen molar-refractivity contribution in [3.8, 4) is 0 Å². The summed E-state index contributed by atoms with van der Waals surface area (Å²) in [6, 6.07) is 10.5. The molecule has 2 aromatic rings. The first-order valence-corrected chi connectivity index (χ1v) is 12.2. The van der Waals surface area contributed by atoms with Crippen molar-refractivity contribution in [2.24, 2.45) is 0 Å². The maximum Gasteiger partial charge on any atom is 0.413 e. The van der Waals surface area contributed by atoms with Gasteiger partial charge in [-0.2, -0.15) is 0 Å². The molecule has 168 valence electrons. The molecule has 1 heterocycles. The fourth-order valence-electron chi connectivity index (χ4n) is 3.68. The Morgan fingerprint density at radius 2 is 1.77 bits per heavy atom. The Morgan fingerprint density at radius 3 is 2.42 bits per heavy atom. The van der Waals surface area contributed by atoms with Gasteiger partial charge in [-0.15, -0.1) is 0 Å². The molecule has 1 fully saturated rings. The second-order valence-electron chi connectivity index (χ2n) is 8.90. The van der Waals surface area contributed by atoms with Crippen molar-refractivity contribution in [3.05, 3.63) is 53.7 Å². The van der Waals surface area contributed by atoms with Gasteiger partial charge in [-0.25, -0.2) is 22.9 Å². The molecule has 8 heteroatoms. The average molecular weight is 446 g/mol. The molecule has 0 bridgehead atoms. The lowest BCUT2D eigenvalue weighted by molar-refractivity contribution is 0.0635. The number of anilines is 1. The van der Waals surface area contributed by atoms with E-state index in [1.54, 1.807) is 45.0 Å². The van der Waals surface area contributed by atoms with Crippen LogP contribution in [0.15, 0.2) is 47.5 Å². The van der Waals surface area contributed by atoms with Crippen LogP contribution in [0.1, 0.15) is 69.9 Å². The van der Waals surface area contributed by atoms with Gasteiger partial charge in [-0.3, -0.25) is 5.32 Å². The number of hydrogen-bond acceptors (Lipinski definition) is 5. The molecule has 31 heavy (non-hydrogen) atoms. The lowest BCUT2D eigenvalue weighted by atomic mass is 9.84. The topological polar surface area (TPSA) is 97.4 Å². The Labute approximate surface area is 184 Å². The van der Waals surface area contributed by atoms with Crippen molar-refractivity contribution < 1.29 is 17.9 Å². The number of nitrogens with zero attached hydrogens (tertiary/aromatic N) is 1. The summed E-state index contributed by atoms with van der Waals surface area (Å²) in [5.74, 6) is 0.828. The molecular weight excluding hydrogens is 414 g/mol. The first-order chi connectivity index (χ1) is 14.6. The van der Waals surface area contributed by atoms with E-state index in [-0.39, 0.29) is 11.4 Å². The summed E-state index contributed by atoms with van der Waals surface area (Å²) in [4.78, 5) is 16.2. The number of hydrogen-bond donors (Lipinski definition) is 2. The van der Waals surface area contributed by atoms with Crippen LogP contribution in [0.4, 0.5) is 10.6 Å². The number of sulfonamides is 1.